The second kappa shape index (κ2) is 7.14. The van der Waals surface area contributed by atoms with E-state index in [2.05, 4.69) is 0 Å². The van der Waals surface area contributed by atoms with Crippen LogP contribution in [0.3, 0.4) is 0 Å². The molecule has 0 bridgehead atoms. The zero-order chi connectivity index (χ0) is 14.4. The van der Waals surface area contributed by atoms with Gasteiger partial charge in [0.2, 0.25) is 0 Å². The monoisotopic (exact) mass is 278 g/mol. The first kappa shape index (κ1) is 14.7. The topological polar surface area (TPSA) is 75.8 Å². The molecule has 0 radical (unpaired) electrons. The Labute approximate surface area is 119 Å². The molecule has 0 atom stereocenters. The summed E-state index contributed by atoms with van der Waals surface area (Å²) in [5, 5.41) is 9.12. The van der Waals surface area contributed by atoms with Gasteiger partial charge in [0.25, 0.3) is 5.91 Å². The van der Waals surface area contributed by atoms with Crippen LogP contribution < -0.4 is 10.5 Å². The molecular formula is C15H22N2O3. The van der Waals surface area contributed by atoms with E-state index in [4.69, 9.17) is 15.6 Å². The lowest BCUT2D eigenvalue weighted by Crippen LogP contribution is -2.43. The van der Waals surface area contributed by atoms with Gasteiger partial charge in [-0.15, -0.1) is 0 Å². The molecule has 0 saturated heterocycles. The molecule has 1 fully saturated rings. The van der Waals surface area contributed by atoms with Crippen molar-refractivity contribution in [3.63, 3.8) is 0 Å². The number of aliphatic hydroxyl groups is 1. The highest BCUT2D eigenvalue weighted by Gasteiger charge is 2.26. The number of ether oxygens (including phenoxy) is 1. The lowest BCUT2D eigenvalue weighted by Gasteiger charge is -2.28. The van der Waals surface area contributed by atoms with Crippen LogP contribution in [0.15, 0.2) is 24.3 Å². The molecule has 0 aromatic heterocycles. The summed E-state index contributed by atoms with van der Waals surface area (Å²) in [6.07, 6.45) is 4.33. The van der Waals surface area contributed by atoms with Crippen LogP contribution in [-0.4, -0.2) is 41.7 Å². The van der Waals surface area contributed by atoms with Gasteiger partial charge in [-0.3, -0.25) is 4.79 Å². The van der Waals surface area contributed by atoms with Gasteiger partial charge in [0.15, 0.2) is 6.61 Å². The number of hydrogen-bond acceptors (Lipinski definition) is 4. The first-order chi connectivity index (χ1) is 9.70. The fraction of sp³-hybridized carbons (Fsp3) is 0.533. The predicted octanol–water partition coefficient (Wildman–Crippen LogP) is 1.41. The lowest BCUT2D eigenvalue weighted by molar-refractivity contribution is -0.136. The van der Waals surface area contributed by atoms with Crippen molar-refractivity contribution in [1.82, 2.24) is 4.90 Å². The Hall–Kier alpha value is -1.75. The molecule has 0 unspecified atom stereocenters. The number of carbonyl (C=O) groups excluding carboxylic acids is 1. The molecule has 1 aromatic rings. The number of aliphatic hydroxyl groups excluding tert-OH is 1. The van der Waals surface area contributed by atoms with Crippen LogP contribution in [-0.2, 0) is 4.79 Å². The summed E-state index contributed by atoms with van der Waals surface area (Å²) in [5.41, 5.74) is 6.27. The van der Waals surface area contributed by atoms with E-state index in [0.717, 1.165) is 25.7 Å². The minimum atomic E-state index is -0.0756. The standard InChI is InChI=1S/C15H22N2O3/c16-12-4-3-7-14(10-12)20-11-15(19)17(8-9-18)13-5-1-2-6-13/h3-4,7,10,13,18H,1-2,5-6,8-9,11,16H2. The van der Waals surface area contributed by atoms with Crippen LogP contribution in [0.2, 0.25) is 0 Å². The highest BCUT2D eigenvalue weighted by atomic mass is 16.5. The van der Waals surface area contributed by atoms with Gasteiger partial charge in [-0.05, 0) is 25.0 Å². The Balaban J connectivity index is 1.91. The molecule has 5 nitrogen and oxygen atoms in total. The molecule has 20 heavy (non-hydrogen) atoms. The summed E-state index contributed by atoms with van der Waals surface area (Å²) in [5.74, 6) is 0.516. The van der Waals surface area contributed by atoms with E-state index in [9.17, 15) is 4.79 Å². The van der Waals surface area contributed by atoms with Crippen molar-refractivity contribution in [3.8, 4) is 5.75 Å². The Morgan fingerprint density at radius 2 is 2.15 bits per heavy atom. The Morgan fingerprint density at radius 1 is 1.40 bits per heavy atom. The van der Waals surface area contributed by atoms with Gasteiger partial charge >= 0.3 is 0 Å². The third-order valence-corrected chi connectivity index (χ3v) is 3.65. The smallest absolute Gasteiger partial charge is 0.260 e. The van der Waals surface area contributed by atoms with Crippen LogP contribution in [0.1, 0.15) is 25.7 Å². The van der Waals surface area contributed by atoms with Gasteiger partial charge in [0, 0.05) is 24.3 Å². The first-order valence-electron chi connectivity index (χ1n) is 7.09. The molecule has 1 amide bonds. The van der Waals surface area contributed by atoms with Crippen LogP contribution in [0, 0.1) is 0 Å². The number of rotatable bonds is 6. The Kier molecular flexibility index (Phi) is 5.24. The van der Waals surface area contributed by atoms with Crippen molar-refractivity contribution in [2.45, 2.75) is 31.7 Å². The molecule has 0 heterocycles. The van der Waals surface area contributed by atoms with Gasteiger partial charge in [0.1, 0.15) is 5.75 Å². The summed E-state index contributed by atoms with van der Waals surface area (Å²) in [6.45, 7) is 0.351. The quantitative estimate of drug-likeness (QED) is 0.771. The van der Waals surface area contributed by atoms with Gasteiger partial charge in [-0.25, -0.2) is 0 Å². The molecule has 1 saturated carbocycles. The lowest BCUT2D eigenvalue weighted by atomic mass is 10.2. The summed E-state index contributed by atoms with van der Waals surface area (Å²) >= 11 is 0. The number of nitrogens with two attached hydrogens (primary N) is 1. The van der Waals surface area contributed by atoms with Gasteiger partial charge in [-0.1, -0.05) is 18.9 Å². The summed E-state index contributed by atoms with van der Waals surface area (Å²) in [6, 6.07) is 7.27. The van der Waals surface area contributed by atoms with Crippen LogP contribution in [0.4, 0.5) is 5.69 Å². The second-order valence-electron chi connectivity index (χ2n) is 5.11. The minimum Gasteiger partial charge on any atom is -0.484 e. The number of hydrogen-bond donors (Lipinski definition) is 2. The Bertz CT molecular complexity index is 444. The number of amides is 1. The van der Waals surface area contributed by atoms with E-state index in [0.29, 0.717) is 18.0 Å². The van der Waals surface area contributed by atoms with E-state index < -0.39 is 0 Å². The normalized spacial score (nSPS) is 15.2. The molecule has 2 rings (SSSR count). The van der Waals surface area contributed by atoms with Crippen molar-refractivity contribution in [3.05, 3.63) is 24.3 Å². The number of benzene rings is 1. The number of carbonyl (C=O) groups is 1. The second-order valence-corrected chi connectivity index (χ2v) is 5.11. The number of nitrogen functional groups attached to an aromatic ring is 1. The molecule has 1 aliphatic rings. The summed E-state index contributed by atoms with van der Waals surface area (Å²) in [4.78, 5) is 14.0. The maximum Gasteiger partial charge on any atom is 0.260 e. The van der Waals surface area contributed by atoms with Crippen molar-refractivity contribution < 1.29 is 14.6 Å². The highest BCUT2D eigenvalue weighted by Crippen LogP contribution is 2.23. The van der Waals surface area contributed by atoms with Gasteiger partial charge < -0.3 is 20.5 Å². The predicted molar refractivity (Wildman–Crippen MR) is 77.4 cm³/mol. The van der Waals surface area contributed by atoms with Crippen LogP contribution >= 0.6 is 0 Å². The number of anilines is 1. The first-order valence-corrected chi connectivity index (χ1v) is 7.09. The molecular weight excluding hydrogens is 256 g/mol. The molecule has 0 spiro atoms. The van der Waals surface area contributed by atoms with Crippen molar-refractivity contribution in [1.29, 1.82) is 0 Å². The molecule has 1 aliphatic carbocycles. The van der Waals surface area contributed by atoms with Crippen molar-refractivity contribution in [2.75, 3.05) is 25.5 Å². The van der Waals surface area contributed by atoms with E-state index in [1.165, 1.54) is 0 Å². The van der Waals surface area contributed by atoms with E-state index in [-0.39, 0.29) is 25.2 Å². The Morgan fingerprint density at radius 3 is 2.80 bits per heavy atom. The highest BCUT2D eigenvalue weighted by molar-refractivity contribution is 5.78. The minimum absolute atomic E-state index is 0.0134. The third-order valence-electron chi connectivity index (χ3n) is 3.65. The molecule has 110 valence electrons. The molecule has 5 heteroatoms. The molecule has 0 aliphatic heterocycles. The fourth-order valence-electron chi connectivity index (χ4n) is 2.67. The molecule has 3 N–H and O–H groups in total. The zero-order valence-corrected chi connectivity index (χ0v) is 11.6. The maximum atomic E-state index is 12.2. The van der Waals surface area contributed by atoms with Gasteiger partial charge in [0.05, 0.1) is 6.61 Å². The van der Waals surface area contributed by atoms with E-state index in [1.807, 2.05) is 0 Å². The largest absolute Gasteiger partial charge is 0.484 e. The summed E-state index contributed by atoms with van der Waals surface area (Å²) < 4.78 is 5.48. The average molecular weight is 278 g/mol. The maximum absolute atomic E-state index is 12.2. The summed E-state index contributed by atoms with van der Waals surface area (Å²) in [7, 11) is 0. The SMILES string of the molecule is Nc1cccc(OCC(=O)N(CCO)C2CCCC2)c1. The molecule has 1 aromatic carbocycles. The van der Waals surface area contributed by atoms with E-state index in [1.54, 1.807) is 29.2 Å². The van der Waals surface area contributed by atoms with E-state index >= 15 is 0 Å². The van der Waals surface area contributed by atoms with Crippen LogP contribution in [0.5, 0.6) is 5.75 Å². The number of nitrogens with zero attached hydrogens (tertiary/aromatic N) is 1. The van der Waals surface area contributed by atoms with Gasteiger partial charge in [-0.2, -0.15) is 0 Å². The third kappa shape index (κ3) is 3.87. The van der Waals surface area contributed by atoms with Crippen molar-refractivity contribution in [2.24, 2.45) is 0 Å². The van der Waals surface area contributed by atoms with Crippen LogP contribution in [0.25, 0.3) is 0 Å². The fourth-order valence-corrected chi connectivity index (χ4v) is 2.67. The average Bonchev–Trinajstić information content (AvgIpc) is 2.96. The zero-order valence-electron chi connectivity index (χ0n) is 11.6. The van der Waals surface area contributed by atoms with Crippen molar-refractivity contribution >= 4 is 11.6 Å².